The van der Waals surface area contributed by atoms with E-state index in [1.165, 1.54) is 0 Å². The van der Waals surface area contributed by atoms with Gasteiger partial charge in [0.1, 0.15) is 29.0 Å². The van der Waals surface area contributed by atoms with Gasteiger partial charge in [-0.15, -0.1) is 0 Å². The molecule has 0 spiro atoms. The van der Waals surface area contributed by atoms with E-state index in [9.17, 15) is 8.78 Å². The molecule has 6 heteroatoms. The van der Waals surface area contributed by atoms with E-state index in [0.29, 0.717) is 16.6 Å². The number of para-hydroxylation sites is 1. The molecule has 0 aliphatic rings. The largest absolute Gasteiger partial charge is 0.327 e. The van der Waals surface area contributed by atoms with Crippen molar-refractivity contribution in [3.05, 3.63) is 52.6 Å². The summed E-state index contributed by atoms with van der Waals surface area (Å²) in [5.41, 5.74) is 1.50. The fourth-order valence-corrected chi connectivity index (χ4v) is 2.39. The second kappa shape index (κ2) is 4.83. The molecule has 0 fully saturated rings. The van der Waals surface area contributed by atoms with Crippen LogP contribution in [0, 0.1) is 23.0 Å². The normalized spacial score (nSPS) is 10.8. The summed E-state index contributed by atoms with van der Waals surface area (Å²) in [7, 11) is 1.68. The zero-order chi connectivity index (χ0) is 15.1. The highest BCUT2D eigenvalue weighted by Crippen LogP contribution is 2.30. The first-order valence-corrected chi connectivity index (χ1v) is 6.41. The number of nitrogens with zero attached hydrogens (tertiary/aromatic N) is 3. The van der Waals surface area contributed by atoms with Crippen LogP contribution < -0.4 is 0 Å². The smallest absolute Gasteiger partial charge is 0.143 e. The lowest BCUT2D eigenvalue weighted by Gasteiger charge is -2.05. The third kappa shape index (κ3) is 2.05. The molecule has 104 valence electrons. The van der Waals surface area contributed by atoms with E-state index in [-0.39, 0.29) is 16.4 Å². The van der Waals surface area contributed by atoms with Crippen molar-refractivity contribution in [2.45, 2.75) is 0 Å². The zero-order valence-electron chi connectivity index (χ0n) is 10.9. The zero-order valence-corrected chi connectivity index (χ0v) is 11.6. The third-order valence-electron chi connectivity index (χ3n) is 3.28. The molecule has 0 atom stereocenters. The van der Waals surface area contributed by atoms with Gasteiger partial charge in [0.2, 0.25) is 0 Å². The average molecular weight is 304 g/mol. The summed E-state index contributed by atoms with van der Waals surface area (Å²) in [6.07, 6.45) is 0. The van der Waals surface area contributed by atoms with Crippen molar-refractivity contribution in [1.82, 2.24) is 9.55 Å². The van der Waals surface area contributed by atoms with Crippen LogP contribution in [0.25, 0.3) is 22.4 Å². The molecule has 1 heterocycles. The summed E-state index contributed by atoms with van der Waals surface area (Å²) in [5, 5.41) is 8.81. The van der Waals surface area contributed by atoms with E-state index < -0.39 is 11.6 Å². The molecule has 1 aromatic heterocycles. The van der Waals surface area contributed by atoms with Crippen LogP contribution in [0.5, 0.6) is 0 Å². The monoisotopic (exact) mass is 303 g/mol. The second-order valence-electron chi connectivity index (χ2n) is 4.53. The Balaban J connectivity index is 2.34. The Bertz CT molecular complexity index is 909. The minimum Gasteiger partial charge on any atom is -0.327 e. The summed E-state index contributed by atoms with van der Waals surface area (Å²) in [5.74, 6) is -1.15. The van der Waals surface area contributed by atoms with Crippen molar-refractivity contribution in [3.63, 3.8) is 0 Å². The van der Waals surface area contributed by atoms with E-state index in [1.54, 1.807) is 29.8 Å². The summed E-state index contributed by atoms with van der Waals surface area (Å²) in [6, 6.07) is 9.05. The van der Waals surface area contributed by atoms with E-state index in [2.05, 4.69) is 4.98 Å². The summed E-state index contributed by atoms with van der Waals surface area (Å²) in [4.78, 5) is 4.28. The number of hydrogen-bond acceptors (Lipinski definition) is 2. The van der Waals surface area contributed by atoms with Crippen LogP contribution in [-0.2, 0) is 7.05 Å². The first-order valence-electron chi connectivity index (χ1n) is 6.03. The number of halogens is 3. The highest BCUT2D eigenvalue weighted by molar-refractivity contribution is 6.30. The Kier molecular flexibility index (Phi) is 3.11. The molecule has 0 unspecified atom stereocenters. The molecule has 21 heavy (non-hydrogen) atoms. The number of imidazole rings is 1. The van der Waals surface area contributed by atoms with Crippen molar-refractivity contribution < 1.29 is 8.78 Å². The van der Waals surface area contributed by atoms with Crippen LogP contribution in [0.1, 0.15) is 5.56 Å². The molecule has 0 saturated carbocycles. The molecule has 0 bridgehead atoms. The SMILES string of the molecule is Cn1c(-c2cc(F)c(Cl)cc2F)nc2c(C#N)cccc21. The first-order chi connectivity index (χ1) is 10.0. The van der Waals surface area contributed by atoms with Crippen LogP contribution in [0.4, 0.5) is 8.78 Å². The lowest BCUT2D eigenvalue weighted by atomic mass is 10.2. The predicted molar refractivity (Wildman–Crippen MR) is 75.8 cm³/mol. The lowest BCUT2D eigenvalue weighted by Crippen LogP contribution is -1.96. The Hall–Kier alpha value is -2.45. The van der Waals surface area contributed by atoms with E-state index in [1.807, 2.05) is 6.07 Å². The summed E-state index contributed by atoms with van der Waals surface area (Å²) < 4.78 is 29.2. The molecule has 3 rings (SSSR count). The molecule has 0 aliphatic carbocycles. The van der Waals surface area contributed by atoms with Gasteiger partial charge in [-0.3, -0.25) is 0 Å². The summed E-state index contributed by atoms with van der Waals surface area (Å²) >= 11 is 5.55. The van der Waals surface area contributed by atoms with Gasteiger partial charge in [-0.1, -0.05) is 17.7 Å². The molecule has 2 aromatic carbocycles. The standard InChI is InChI=1S/C15H8ClF2N3/c1-21-13-4-2-3-8(7-19)14(13)20-15(21)9-5-12(18)10(16)6-11(9)17/h2-6H,1H3. The van der Waals surface area contributed by atoms with Gasteiger partial charge in [-0.2, -0.15) is 5.26 Å². The van der Waals surface area contributed by atoms with E-state index in [4.69, 9.17) is 16.9 Å². The quantitative estimate of drug-likeness (QED) is 0.637. The van der Waals surface area contributed by atoms with Crippen molar-refractivity contribution in [1.29, 1.82) is 5.26 Å². The maximum atomic E-state index is 14.0. The molecule has 0 N–H and O–H groups in total. The Morgan fingerprint density at radius 3 is 2.71 bits per heavy atom. The average Bonchev–Trinajstić information content (AvgIpc) is 2.80. The Morgan fingerprint density at radius 1 is 1.24 bits per heavy atom. The number of aromatic nitrogens is 2. The topological polar surface area (TPSA) is 41.6 Å². The molecule has 3 aromatic rings. The van der Waals surface area contributed by atoms with E-state index >= 15 is 0 Å². The third-order valence-corrected chi connectivity index (χ3v) is 3.57. The van der Waals surface area contributed by atoms with Crippen LogP contribution in [0.3, 0.4) is 0 Å². The fraction of sp³-hybridized carbons (Fsp3) is 0.0667. The lowest BCUT2D eigenvalue weighted by molar-refractivity contribution is 0.602. The molecule has 0 radical (unpaired) electrons. The number of aryl methyl sites for hydroxylation is 1. The second-order valence-corrected chi connectivity index (χ2v) is 4.93. The molecular weight excluding hydrogens is 296 g/mol. The minimum absolute atomic E-state index is 0.000472. The molecule has 0 aliphatic heterocycles. The highest BCUT2D eigenvalue weighted by atomic mass is 35.5. The van der Waals surface area contributed by atoms with Crippen molar-refractivity contribution in [2.75, 3.05) is 0 Å². The number of hydrogen-bond donors (Lipinski definition) is 0. The van der Waals surface area contributed by atoms with Crippen LogP contribution in [0.15, 0.2) is 30.3 Å². The van der Waals surface area contributed by atoms with Crippen molar-refractivity contribution in [3.8, 4) is 17.5 Å². The highest BCUT2D eigenvalue weighted by Gasteiger charge is 2.17. The van der Waals surface area contributed by atoms with Crippen LogP contribution in [0.2, 0.25) is 5.02 Å². The van der Waals surface area contributed by atoms with Crippen molar-refractivity contribution >= 4 is 22.6 Å². The van der Waals surface area contributed by atoms with Gasteiger partial charge in [0.15, 0.2) is 0 Å². The maximum absolute atomic E-state index is 14.0. The van der Waals surface area contributed by atoms with Gasteiger partial charge in [-0.25, -0.2) is 13.8 Å². The van der Waals surface area contributed by atoms with Crippen LogP contribution in [-0.4, -0.2) is 9.55 Å². The number of fused-ring (bicyclic) bond motifs is 1. The minimum atomic E-state index is -0.722. The predicted octanol–water partition coefficient (Wildman–Crippen LogP) is 4.04. The maximum Gasteiger partial charge on any atom is 0.143 e. The van der Waals surface area contributed by atoms with Crippen molar-refractivity contribution in [2.24, 2.45) is 7.05 Å². The number of rotatable bonds is 1. The van der Waals surface area contributed by atoms with Gasteiger partial charge in [0.25, 0.3) is 0 Å². The molecule has 0 saturated heterocycles. The fourth-order valence-electron chi connectivity index (χ4n) is 2.24. The molecule has 0 amide bonds. The Morgan fingerprint density at radius 2 is 2.00 bits per heavy atom. The number of nitriles is 1. The van der Waals surface area contributed by atoms with Gasteiger partial charge < -0.3 is 4.57 Å². The first kappa shape index (κ1) is 13.5. The van der Waals surface area contributed by atoms with Crippen LogP contribution >= 0.6 is 11.6 Å². The van der Waals surface area contributed by atoms with E-state index in [0.717, 1.165) is 12.1 Å². The number of benzene rings is 2. The van der Waals surface area contributed by atoms with Gasteiger partial charge in [0.05, 0.1) is 21.7 Å². The van der Waals surface area contributed by atoms with Gasteiger partial charge >= 0.3 is 0 Å². The summed E-state index contributed by atoms with van der Waals surface area (Å²) in [6.45, 7) is 0. The van der Waals surface area contributed by atoms with Gasteiger partial charge in [-0.05, 0) is 24.3 Å². The Labute approximate surface area is 124 Å². The molecule has 3 nitrogen and oxygen atoms in total. The van der Waals surface area contributed by atoms with Gasteiger partial charge in [0, 0.05) is 7.05 Å². The molecular formula is C15H8ClF2N3.